The number of carbonyl (C=O) groups excluding carboxylic acids is 2. The number of fused-ring (bicyclic) bond motifs is 1. The molecular weight excluding hydrogens is 348 g/mol. The first-order valence-electron chi connectivity index (χ1n) is 9.03. The van der Waals surface area contributed by atoms with Gasteiger partial charge >= 0.3 is 0 Å². The van der Waals surface area contributed by atoms with E-state index in [2.05, 4.69) is 15.4 Å². The summed E-state index contributed by atoms with van der Waals surface area (Å²) in [5.74, 6) is -0.103. The third kappa shape index (κ3) is 4.61. The molecule has 0 spiro atoms. The van der Waals surface area contributed by atoms with Crippen molar-refractivity contribution in [1.29, 1.82) is 0 Å². The second kappa shape index (κ2) is 8.45. The van der Waals surface area contributed by atoms with Crippen molar-refractivity contribution in [2.45, 2.75) is 12.5 Å². The van der Waals surface area contributed by atoms with E-state index in [-0.39, 0.29) is 24.3 Å². The van der Waals surface area contributed by atoms with Gasteiger partial charge in [0.2, 0.25) is 5.91 Å². The summed E-state index contributed by atoms with van der Waals surface area (Å²) in [6.45, 7) is 2.75. The fourth-order valence-electron chi connectivity index (χ4n) is 3.06. The van der Waals surface area contributed by atoms with Gasteiger partial charge in [-0.15, -0.1) is 0 Å². The lowest BCUT2D eigenvalue weighted by Crippen LogP contribution is -2.50. The Bertz CT molecular complexity index is 805. The predicted molar refractivity (Wildman–Crippen MR) is 100 cm³/mol. The number of aromatic nitrogens is 3. The normalized spacial score (nSPS) is 17.5. The fraction of sp³-hybridized carbons (Fsp3) is 0.556. The maximum atomic E-state index is 13.0. The molecule has 1 aliphatic rings. The summed E-state index contributed by atoms with van der Waals surface area (Å²) in [6, 6.07) is 4.96. The quantitative estimate of drug-likeness (QED) is 0.777. The zero-order valence-electron chi connectivity index (χ0n) is 16.0. The smallest absolute Gasteiger partial charge is 0.254 e. The number of rotatable bonds is 6. The van der Waals surface area contributed by atoms with Crippen LogP contribution < -0.4 is 0 Å². The Balaban J connectivity index is 1.68. The molecule has 2 aromatic rings. The molecule has 9 nitrogen and oxygen atoms in total. The molecule has 1 N–H and O–H groups in total. The van der Waals surface area contributed by atoms with Crippen LogP contribution in [-0.4, -0.2) is 102 Å². The van der Waals surface area contributed by atoms with Gasteiger partial charge in [-0.1, -0.05) is 0 Å². The highest BCUT2D eigenvalue weighted by molar-refractivity contribution is 5.97. The van der Waals surface area contributed by atoms with Gasteiger partial charge < -0.3 is 19.4 Å². The van der Waals surface area contributed by atoms with Crippen LogP contribution in [0.15, 0.2) is 18.2 Å². The van der Waals surface area contributed by atoms with Gasteiger partial charge in [-0.05, 0) is 32.3 Å². The number of aromatic amines is 1. The molecular formula is C18H26N6O3. The van der Waals surface area contributed by atoms with Crippen molar-refractivity contribution in [1.82, 2.24) is 30.1 Å². The average Bonchev–Trinajstić information content (AvgIpc) is 3.13. The molecule has 0 unspecified atom stereocenters. The number of nitrogens with zero attached hydrogens (tertiary/aromatic N) is 5. The standard InChI is InChI=1S/C18H26N6O3/c1-22(2)6-7-23(3)17(25)11-14-12-27-9-8-24(14)18(26)13-4-5-15-16(10-13)20-21-19-15/h4-5,10,14H,6-9,11-12H2,1-3H3,(H,19,20,21)/t14-/m1/s1. The van der Waals surface area contributed by atoms with Crippen molar-refractivity contribution in [3.63, 3.8) is 0 Å². The first-order chi connectivity index (χ1) is 13.0. The second-order valence-corrected chi connectivity index (χ2v) is 7.08. The Kier molecular flexibility index (Phi) is 6.02. The molecule has 27 heavy (non-hydrogen) atoms. The minimum Gasteiger partial charge on any atom is -0.377 e. The van der Waals surface area contributed by atoms with Crippen molar-refractivity contribution in [2.75, 3.05) is 54.0 Å². The lowest BCUT2D eigenvalue weighted by atomic mass is 10.1. The Hall–Kier alpha value is -2.52. The van der Waals surface area contributed by atoms with Gasteiger partial charge in [0.25, 0.3) is 5.91 Å². The summed E-state index contributed by atoms with van der Waals surface area (Å²) in [5, 5.41) is 10.6. The molecule has 0 bridgehead atoms. The maximum Gasteiger partial charge on any atom is 0.254 e. The molecule has 1 saturated heterocycles. The highest BCUT2D eigenvalue weighted by Gasteiger charge is 2.30. The summed E-state index contributed by atoms with van der Waals surface area (Å²) in [7, 11) is 5.74. The van der Waals surface area contributed by atoms with Crippen LogP contribution in [0.25, 0.3) is 11.0 Å². The van der Waals surface area contributed by atoms with Crippen LogP contribution in [0.4, 0.5) is 0 Å². The summed E-state index contributed by atoms with van der Waals surface area (Å²) in [6.07, 6.45) is 0.252. The third-order valence-corrected chi connectivity index (χ3v) is 4.77. The number of H-pyrrole nitrogens is 1. The van der Waals surface area contributed by atoms with Crippen LogP contribution in [0.2, 0.25) is 0 Å². The van der Waals surface area contributed by atoms with E-state index in [1.807, 2.05) is 19.0 Å². The minimum absolute atomic E-state index is 0.0112. The van der Waals surface area contributed by atoms with Crippen molar-refractivity contribution in [2.24, 2.45) is 0 Å². The Morgan fingerprint density at radius 2 is 2.00 bits per heavy atom. The summed E-state index contributed by atoms with van der Waals surface area (Å²) >= 11 is 0. The van der Waals surface area contributed by atoms with E-state index in [0.717, 1.165) is 6.54 Å². The molecule has 1 aliphatic heterocycles. The van der Waals surface area contributed by atoms with Crippen LogP contribution in [0, 0.1) is 0 Å². The molecule has 1 aromatic carbocycles. The monoisotopic (exact) mass is 374 g/mol. The van der Waals surface area contributed by atoms with Crippen molar-refractivity contribution in [3.8, 4) is 0 Å². The van der Waals surface area contributed by atoms with Gasteiger partial charge in [0.15, 0.2) is 0 Å². The Labute approximate surface area is 158 Å². The fourth-order valence-corrected chi connectivity index (χ4v) is 3.06. The SMILES string of the molecule is CN(C)CCN(C)C(=O)C[C@@H]1COCCN1C(=O)c1ccc2n[nH]nc2c1. The number of amides is 2. The molecule has 2 heterocycles. The van der Waals surface area contributed by atoms with E-state index >= 15 is 0 Å². The number of carbonyl (C=O) groups is 2. The highest BCUT2D eigenvalue weighted by Crippen LogP contribution is 2.18. The van der Waals surface area contributed by atoms with Gasteiger partial charge in [0, 0.05) is 38.7 Å². The number of ether oxygens (including phenoxy) is 1. The van der Waals surface area contributed by atoms with Crippen LogP contribution >= 0.6 is 0 Å². The lowest BCUT2D eigenvalue weighted by molar-refractivity contribution is -0.132. The van der Waals surface area contributed by atoms with Crippen LogP contribution in [-0.2, 0) is 9.53 Å². The van der Waals surface area contributed by atoms with E-state index in [1.165, 1.54) is 0 Å². The van der Waals surface area contributed by atoms with E-state index in [9.17, 15) is 9.59 Å². The van der Waals surface area contributed by atoms with Gasteiger partial charge in [0.05, 0.1) is 19.3 Å². The summed E-state index contributed by atoms with van der Waals surface area (Å²) in [5.41, 5.74) is 1.89. The van der Waals surface area contributed by atoms with Crippen molar-refractivity contribution in [3.05, 3.63) is 23.8 Å². The zero-order valence-corrected chi connectivity index (χ0v) is 16.0. The molecule has 9 heteroatoms. The van der Waals surface area contributed by atoms with Crippen molar-refractivity contribution >= 4 is 22.8 Å². The molecule has 0 saturated carbocycles. The summed E-state index contributed by atoms with van der Waals surface area (Å²) < 4.78 is 5.53. The van der Waals surface area contributed by atoms with E-state index in [1.54, 1.807) is 35.0 Å². The first kappa shape index (κ1) is 19.2. The zero-order chi connectivity index (χ0) is 19.4. The maximum absolute atomic E-state index is 13.0. The number of hydrogen-bond acceptors (Lipinski definition) is 6. The van der Waals surface area contributed by atoms with E-state index in [4.69, 9.17) is 4.74 Å². The summed E-state index contributed by atoms with van der Waals surface area (Å²) in [4.78, 5) is 31.1. The van der Waals surface area contributed by atoms with Gasteiger partial charge in [-0.25, -0.2) is 0 Å². The molecule has 1 atom stereocenters. The van der Waals surface area contributed by atoms with Crippen LogP contribution in [0.5, 0.6) is 0 Å². The number of hydrogen-bond donors (Lipinski definition) is 1. The van der Waals surface area contributed by atoms with Crippen molar-refractivity contribution < 1.29 is 14.3 Å². The van der Waals surface area contributed by atoms with Gasteiger partial charge in [-0.3, -0.25) is 9.59 Å². The molecule has 1 aromatic heterocycles. The number of nitrogens with one attached hydrogen (secondary N) is 1. The third-order valence-electron chi connectivity index (χ3n) is 4.77. The topological polar surface area (TPSA) is 94.7 Å². The number of morpholine rings is 1. The Morgan fingerprint density at radius 1 is 1.22 bits per heavy atom. The largest absolute Gasteiger partial charge is 0.377 e. The second-order valence-electron chi connectivity index (χ2n) is 7.08. The van der Waals surface area contributed by atoms with Gasteiger partial charge in [0.1, 0.15) is 11.0 Å². The van der Waals surface area contributed by atoms with Crippen LogP contribution in [0.1, 0.15) is 16.8 Å². The van der Waals surface area contributed by atoms with E-state index < -0.39 is 0 Å². The molecule has 146 valence electrons. The van der Waals surface area contributed by atoms with E-state index in [0.29, 0.717) is 42.9 Å². The molecule has 0 aliphatic carbocycles. The molecule has 0 radical (unpaired) electrons. The number of benzene rings is 1. The molecule has 2 amide bonds. The molecule has 1 fully saturated rings. The first-order valence-corrected chi connectivity index (χ1v) is 9.03. The van der Waals surface area contributed by atoms with Crippen LogP contribution in [0.3, 0.4) is 0 Å². The average molecular weight is 374 g/mol. The Morgan fingerprint density at radius 3 is 2.78 bits per heavy atom. The lowest BCUT2D eigenvalue weighted by Gasteiger charge is -2.36. The minimum atomic E-state index is -0.270. The highest BCUT2D eigenvalue weighted by atomic mass is 16.5. The number of likely N-dealkylation sites (N-methyl/N-ethyl adjacent to an activating group) is 2. The predicted octanol–water partition coefficient (Wildman–Crippen LogP) is 0.209. The van der Waals surface area contributed by atoms with Gasteiger partial charge in [-0.2, -0.15) is 15.4 Å². The molecule has 3 rings (SSSR count).